The van der Waals surface area contributed by atoms with E-state index in [2.05, 4.69) is 20.7 Å². The maximum atomic E-state index is 13.2. The van der Waals surface area contributed by atoms with Gasteiger partial charge in [-0.15, -0.1) is 0 Å². The van der Waals surface area contributed by atoms with Gasteiger partial charge in [0.25, 0.3) is 0 Å². The number of halogens is 5. The fraction of sp³-hybridized carbons (Fsp3) is 0.286. The minimum Gasteiger partial charge on any atom is -0.475 e. The Balaban J connectivity index is 2.53. The molecule has 1 aromatic carbocycles. The number of hydrogen-bond donors (Lipinski definition) is 0. The van der Waals surface area contributed by atoms with E-state index >= 15 is 0 Å². The zero-order valence-corrected chi connectivity index (χ0v) is 13.9. The van der Waals surface area contributed by atoms with Gasteiger partial charge >= 0.3 is 18.1 Å². The predicted molar refractivity (Wildman–Crippen MR) is 79.3 cm³/mol. The van der Waals surface area contributed by atoms with Crippen LogP contribution in [0.1, 0.15) is 18.1 Å². The van der Waals surface area contributed by atoms with Crippen molar-refractivity contribution in [3.8, 4) is 5.75 Å². The third kappa shape index (κ3) is 3.87. The summed E-state index contributed by atoms with van der Waals surface area (Å²) in [6.07, 6.45) is -6.41. The maximum absolute atomic E-state index is 13.2. The summed E-state index contributed by atoms with van der Waals surface area (Å²) in [7, 11) is 0. The molecule has 2 rings (SSSR count). The first-order valence-electron chi connectivity index (χ1n) is 6.19. The summed E-state index contributed by atoms with van der Waals surface area (Å²) in [5, 5.41) is 0.618. The van der Waals surface area contributed by atoms with Crippen molar-refractivity contribution in [2.45, 2.75) is 24.5 Å². The Bertz CT molecular complexity index is 700. The topological polar surface area (TPSA) is 52.6 Å². The highest BCUT2D eigenvalue weighted by Crippen LogP contribution is 2.40. The Labute approximate surface area is 142 Å². The first kappa shape index (κ1) is 17.8. The second-order valence-corrected chi connectivity index (χ2v) is 5.60. The Morgan fingerprint density at radius 2 is 2.04 bits per heavy atom. The van der Waals surface area contributed by atoms with E-state index in [1.807, 2.05) is 0 Å². The van der Waals surface area contributed by atoms with Crippen LogP contribution < -0.4 is 4.74 Å². The standard InChI is InChI=1S/C14H9BrClF3O4/c1-6(20)22-13(21)9-2-7-3-10(16)8(5-15)4-11(7)23-12(9)14(17,18)19/h2-4,12H,5H2,1H3. The number of hydrogen-bond acceptors (Lipinski definition) is 4. The Morgan fingerprint density at radius 3 is 2.57 bits per heavy atom. The van der Waals surface area contributed by atoms with Crippen molar-refractivity contribution in [1.82, 2.24) is 0 Å². The molecule has 0 radical (unpaired) electrons. The number of benzene rings is 1. The van der Waals surface area contributed by atoms with E-state index in [0.29, 0.717) is 15.9 Å². The molecule has 4 nitrogen and oxygen atoms in total. The van der Waals surface area contributed by atoms with Gasteiger partial charge < -0.3 is 9.47 Å². The molecule has 0 spiro atoms. The molecule has 0 saturated carbocycles. The zero-order valence-electron chi connectivity index (χ0n) is 11.5. The van der Waals surface area contributed by atoms with Crippen LogP contribution in [-0.4, -0.2) is 24.2 Å². The molecule has 0 bridgehead atoms. The van der Waals surface area contributed by atoms with Crippen molar-refractivity contribution in [3.63, 3.8) is 0 Å². The number of rotatable bonds is 2. The van der Waals surface area contributed by atoms with Gasteiger partial charge in [-0.1, -0.05) is 27.5 Å². The molecular formula is C14H9BrClF3O4. The van der Waals surface area contributed by atoms with Gasteiger partial charge in [-0.05, 0) is 23.8 Å². The van der Waals surface area contributed by atoms with Crippen LogP contribution in [0.2, 0.25) is 5.02 Å². The molecule has 0 N–H and O–H groups in total. The van der Waals surface area contributed by atoms with E-state index in [0.717, 1.165) is 13.0 Å². The average Bonchev–Trinajstić information content (AvgIpc) is 2.43. The fourth-order valence-electron chi connectivity index (χ4n) is 1.96. The van der Waals surface area contributed by atoms with E-state index in [9.17, 15) is 22.8 Å². The van der Waals surface area contributed by atoms with Crippen LogP contribution in [0.3, 0.4) is 0 Å². The van der Waals surface area contributed by atoms with Crippen LogP contribution in [0.25, 0.3) is 6.08 Å². The van der Waals surface area contributed by atoms with Crippen molar-refractivity contribution in [2.75, 3.05) is 0 Å². The number of carbonyl (C=O) groups is 2. The molecule has 1 aliphatic heterocycles. The van der Waals surface area contributed by atoms with E-state index in [1.54, 1.807) is 0 Å². The Kier molecular flexibility index (Phi) is 5.05. The van der Waals surface area contributed by atoms with Gasteiger partial charge in [0.1, 0.15) is 5.75 Å². The summed E-state index contributed by atoms with van der Waals surface area (Å²) < 4.78 is 48.6. The normalized spacial score (nSPS) is 17.0. The van der Waals surface area contributed by atoms with Gasteiger partial charge in [0, 0.05) is 22.8 Å². The minimum atomic E-state index is -4.85. The molecule has 1 heterocycles. The van der Waals surface area contributed by atoms with E-state index in [1.165, 1.54) is 12.1 Å². The molecular weight excluding hydrogens is 405 g/mol. The van der Waals surface area contributed by atoms with E-state index < -0.39 is 29.8 Å². The lowest BCUT2D eigenvalue weighted by Crippen LogP contribution is -2.41. The fourth-order valence-corrected chi connectivity index (χ4v) is 2.82. The summed E-state index contributed by atoms with van der Waals surface area (Å²) in [6.45, 7) is 0.915. The number of esters is 2. The van der Waals surface area contributed by atoms with Gasteiger partial charge in [0.05, 0.1) is 5.57 Å². The summed E-state index contributed by atoms with van der Waals surface area (Å²) in [5.41, 5.74) is -0.0898. The molecule has 0 aromatic heterocycles. The minimum absolute atomic E-state index is 0.0643. The summed E-state index contributed by atoms with van der Waals surface area (Å²) >= 11 is 9.16. The highest BCUT2D eigenvalue weighted by molar-refractivity contribution is 9.08. The summed E-state index contributed by atoms with van der Waals surface area (Å²) in [4.78, 5) is 22.6. The van der Waals surface area contributed by atoms with Crippen LogP contribution in [0.4, 0.5) is 13.2 Å². The lowest BCUT2D eigenvalue weighted by molar-refractivity contribution is -0.188. The van der Waals surface area contributed by atoms with Crippen LogP contribution >= 0.6 is 27.5 Å². The number of fused-ring (bicyclic) bond motifs is 1. The third-order valence-electron chi connectivity index (χ3n) is 2.93. The monoisotopic (exact) mass is 412 g/mol. The third-order valence-corrected chi connectivity index (χ3v) is 3.89. The lowest BCUT2D eigenvalue weighted by atomic mass is 10.00. The quantitative estimate of drug-likeness (QED) is 0.417. The first-order chi connectivity index (χ1) is 10.6. The molecule has 1 aliphatic rings. The first-order valence-corrected chi connectivity index (χ1v) is 7.69. The zero-order chi connectivity index (χ0) is 17.4. The lowest BCUT2D eigenvalue weighted by Gasteiger charge is -2.28. The molecule has 0 aliphatic carbocycles. The van der Waals surface area contributed by atoms with Gasteiger partial charge in [-0.25, -0.2) is 4.79 Å². The van der Waals surface area contributed by atoms with Crippen LogP contribution in [0.15, 0.2) is 17.7 Å². The molecule has 124 valence electrons. The molecule has 0 saturated heterocycles. The predicted octanol–water partition coefficient (Wildman–Crippen LogP) is 4.03. The maximum Gasteiger partial charge on any atom is 0.430 e. The van der Waals surface area contributed by atoms with Crippen molar-refractivity contribution in [1.29, 1.82) is 0 Å². The molecule has 1 atom stereocenters. The second-order valence-electron chi connectivity index (χ2n) is 4.64. The van der Waals surface area contributed by atoms with Crippen LogP contribution in [0, 0.1) is 0 Å². The summed E-state index contributed by atoms with van der Waals surface area (Å²) in [6, 6.07) is 2.73. The number of alkyl halides is 4. The van der Waals surface area contributed by atoms with E-state index in [-0.39, 0.29) is 11.3 Å². The SMILES string of the molecule is CC(=O)OC(=O)C1=Cc2cc(Cl)c(CBr)cc2OC1C(F)(F)F. The second kappa shape index (κ2) is 6.52. The molecule has 9 heteroatoms. The number of ether oxygens (including phenoxy) is 2. The molecule has 0 amide bonds. The van der Waals surface area contributed by atoms with Crippen molar-refractivity contribution >= 4 is 45.5 Å². The highest BCUT2D eigenvalue weighted by atomic mass is 79.9. The van der Waals surface area contributed by atoms with Crippen molar-refractivity contribution in [2.24, 2.45) is 0 Å². The average molecular weight is 414 g/mol. The smallest absolute Gasteiger partial charge is 0.430 e. The van der Waals surface area contributed by atoms with Gasteiger partial charge in [0.15, 0.2) is 0 Å². The van der Waals surface area contributed by atoms with Gasteiger partial charge in [-0.2, -0.15) is 13.2 Å². The molecule has 23 heavy (non-hydrogen) atoms. The van der Waals surface area contributed by atoms with Crippen molar-refractivity contribution < 1.29 is 32.2 Å². The molecule has 0 fully saturated rings. The van der Waals surface area contributed by atoms with Gasteiger partial charge in [-0.3, -0.25) is 4.79 Å². The van der Waals surface area contributed by atoms with E-state index in [4.69, 9.17) is 16.3 Å². The largest absolute Gasteiger partial charge is 0.475 e. The van der Waals surface area contributed by atoms with Crippen LogP contribution in [-0.2, 0) is 19.7 Å². The molecule has 1 aromatic rings. The number of carbonyl (C=O) groups excluding carboxylic acids is 2. The Hall–Kier alpha value is -1.54. The highest BCUT2D eigenvalue weighted by Gasteiger charge is 2.49. The Morgan fingerprint density at radius 1 is 1.39 bits per heavy atom. The van der Waals surface area contributed by atoms with Gasteiger partial charge in [0.2, 0.25) is 6.10 Å². The van der Waals surface area contributed by atoms with Crippen LogP contribution in [0.5, 0.6) is 5.75 Å². The van der Waals surface area contributed by atoms with Crippen molar-refractivity contribution in [3.05, 3.63) is 33.9 Å². The molecule has 1 unspecified atom stereocenters. The summed E-state index contributed by atoms with van der Waals surface area (Å²) in [5.74, 6) is -2.49.